The molecule has 0 radical (unpaired) electrons. The van der Waals surface area contributed by atoms with E-state index in [0.29, 0.717) is 0 Å². The van der Waals surface area contributed by atoms with Gasteiger partial charge in [0.2, 0.25) is 16.0 Å². The van der Waals surface area contributed by atoms with Crippen LogP contribution >= 0.6 is 0 Å². The summed E-state index contributed by atoms with van der Waals surface area (Å²) in [4.78, 5) is 2.86. The molecule has 1 N–H and O–H groups in total. The van der Waals surface area contributed by atoms with Crippen LogP contribution in [0, 0.1) is 5.95 Å². The number of pyridine rings is 1. The number of rotatable bonds is 2. The summed E-state index contributed by atoms with van der Waals surface area (Å²) in [5, 5.41) is 0. The van der Waals surface area contributed by atoms with Gasteiger partial charge in [-0.3, -0.25) is 0 Å². The van der Waals surface area contributed by atoms with Crippen molar-refractivity contribution in [3.63, 3.8) is 0 Å². The topological polar surface area (TPSA) is 59.1 Å². The van der Waals surface area contributed by atoms with Crippen molar-refractivity contribution in [2.75, 3.05) is 0 Å². The lowest BCUT2D eigenvalue weighted by Crippen LogP contribution is -2.40. The molecule has 0 unspecified atom stereocenters. The number of hydrogen-bond acceptors (Lipinski definition) is 3. The second-order valence-electron chi connectivity index (χ2n) is 4.15. The van der Waals surface area contributed by atoms with E-state index in [1.807, 2.05) is 0 Å². The van der Waals surface area contributed by atoms with Gasteiger partial charge in [0, 0.05) is 11.7 Å². The molecule has 0 aromatic carbocycles. The molecule has 0 aliphatic heterocycles. The minimum atomic E-state index is -3.84. The molecule has 0 amide bonds. The van der Waals surface area contributed by atoms with E-state index in [2.05, 4.69) is 9.71 Å². The van der Waals surface area contributed by atoms with Gasteiger partial charge in [-0.2, -0.15) is 4.39 Å². The Balaban J connectivity index is 3.13. The number of nitrogens with zero attached hydrogens (tertiary/aromatic N) is 1. The van der Waals surface area contributed by atoms with Crippen molar-refractivity contribution >= 4 is 10.0 Å². The maximum atomic E-state index is 13.1. The highest BCUT2D eigenvalue weighted by atomic mass is 32.2. The summed E-state index contributed by atoms with van der Waals surface area (Å²) in [7, 11) is -3.84. The summed E-state index contributed by atoms with van der Waals surface area (Å²) in [6.45, 7) is 5.04. The third kappa shape index (κ3) is 3.24. The quantitative estimate of drug-likeness (QED) is 0.782. The molecule has 1 heterocycles. The lowest BCUT2D eigenvalue weighted by atomic mass is 10.1. The first-order chi connectivity index (χ1) is 6.72. The number of sulfonamides is 1. The van der Waals surface area contributed by atoms with Crippen LogP contribution in [0.4, 0.5) is 4.39 Å². The van der Waals surface area contributed by atoms with Crippen molar-refractivity contribution in [1.82, 2.24) is 9.71 Å². The molecule has 0 fully saturated rings. The fourth-order valence-electron chi connectivity index (χ4n) is 1.03. The van der Waals surface area contributed by atoms with E-state index in [0.717, 1.165) is 0 Å². The Morgan fingerprint density at radius 1 is 1.40 bits per heavy atom. The van der Waals surface area contributed by atoms with E-state index in [1.165, 1.54) is 18.3 Å². The average Bonchev–Trinajstić information content (AvgIpc) is 1.99. The zero-order valence-corrected chi connectivity index (χ0v) is 9.60. The first-order valence-corrected chi connectivity index (χ1v) is 5.85. The van der Waals surface area contributed by atoms with E-state index in [-0.39, 0.29) is 0 Å². The van der Waals surface area contributed by atoms with Gasteiger partial charge < -0.3 is 0 Å². The SMILES string of the molecule is CC(C)(C)NS(=O)(=O)c1cccnc1F. The second-order valence-corrected chi connectivity index (χ2v) is 5.80. The summed E-state index contributed by atoms with van der Waals surface area (Å²) in [6.07, 6.45) is 1.20. The van der Waals surface area contributed by atoms with Gasteiger partial charge >= 0.3 is 0 Å². The smallest absolute Gasteiger partial charge is 0.227 e. The Morgan fingerprint density at radius 3 is 2.47 bits per heavy atom. The van der Waals surface area contributed by atoms with Crippen LogP contribution in [0.2, 0.25) is 0 Å². The monoisotopic (exact) mass is 232 g/mol. The van der Waals surface area contributed by atoms with Gasteiger partial charge in [0.1, 0.15) is 4.90 Å². The molecular weight excluding hydrogens is 219 g/mol. The van der Waals surface area contributed by atoms with Crippen LogP contribution in [0.5, 0.6) is 0 Å². The molecule has 0 atom stereocenters. The molecule has 84 valence electrons. The predicted octanol–water partition coefficient (Wildman–Crippen LogP) is 1.30. The summed E-state index contributed by atoms with van der Waals surface area (Å²) in [5.74, 6) is -0.991. The normalized spacial score (nSPS) is 12.8. The third-order valence-corrected chi connectivity index (χ3v) is 3.22. The third-order valence-electron chi connectivity index (χ3n) is 1.45. The molecule has 0 spiro atoms. The highest BCUT2D eigenvalue weighted by Crippen LogP contribution is 2.14. The lowest BCUT2D eigenvalue weighted by Gasteiger charge is -2.20. The Kier molecular flexibility index (Phi) is 3.11. The minimum absolute atomic E-state index is 0.431. The largest absolute Gasteiger partial charge is 0.245 e. The molecule has 0 saturated heterocycles. The molecular formula is C9H13FN2O2S. The van der Waals surface area contributed by atoms with Crippen molar-refractivity contribution < 1.29 is 12.8 Å². The zero-order chi connectivity index (χ0) is 11.7. The highest BCUT2D eigenvalue weighted by molar-refractivity contribution is 7.89. The maximum absolute atomic E-state index is 13.1. The standard InChI is InChI=1S/C9H13FN2O2S/c1-9(2,3)12-15(13,14)7-5-4-6-11-8(7)10/h4-6,12H,1-3H3. The predicted molar refractivity (Wildman–Crippen MR) is 54.3 cm³/mol. The molecule has 4 nitrogen and oxygen atoms in total. The molecule has 0 saturated carbocycles. The summed E-state index contributed by atoms with van der Waals surface area (Å²) in [6, 6.07) is 2.55. The highest BCUT2D eigenvalue weighted by Gasteiger charge is 2.24. The van der Waals surface area contributed by atoms with Crippen LogP contribution in [-0.4, -0.2) is 18.9 Å². The van der Waals surface area contributed by atoms with Crippen molar-refractivity contribution in [2.24, 2.45) is 0 Å². The summed E-state index contributed by atoms with van der Waals surface area (Å²) >= 11 is 0. The zero-order valence-electron chi connectivity index (χ0n) is 8.78. The molecule has 1 rings (SSSR count). The Labute approximate surface area is 88.6 Å². The van der Waals surface area contributed by atoms with E-state index in [4.69, 9.17) is 0 Å². The Hall–Kier alpha value is -1.01. The average molecular weight is 232 g/mol. The molecule has 0 aliphatic carbocycles. The van der Waals surface area contributed by atoms with Gasteiger partial charge in [0.05, 0.1) is 0 Å². The minimum Gasteiger partial charge on any atom is -0.227 e. The van der Waals surface area contributed by atoms with Crippen molar-refractivity contribution in [2.45, 2.75) is 31.2 Å². The van der Waals surface area contributed by atoms with Gasteiger partial charge in [-0.1, -0.05) is 0 Å². The first kappa shape index (κ1) is 12.1. The van der Waals surface area contributed by atoms with Gasteiger partial charge in [-0.25, -0.2) is 18.1 Å². The van der Waals surface area contributed by atoms with Crippen LogP contribution in [0.3, 0.4) is 0 Å². The second kappa shape index (κ2) is 3.86. The van der Waals surface area contributed by atoms with E-state index in [1.54, 1.807) is 20.8 Å². The van der Waals surface area contributed by atoms with Gasteiger partial charge in [0.25, 0.3) is 0 Å². The van der Waals surface area contributed by atoms with Crippen molar-refractivity contribution in [3.05, 3.63) is 24.3 Å². The van der Waals surface area contributed by atoms with Crippen LogP contribution in [-0.2, 0) is 10.0 Å². The van der Waals surface area contributed by atoms with Gasteiger partial charge in [-0.05, 0) is 32.9 Å². The molecule has 15 heavy (non-hydrogen) atoms. The molecule has 1 aromatic heterocycles. The van der Waals surface area contributed by atoms with Crippen LogP contribution in [0.15, 0.2) is 23.2 Å². The molecule has 6 heteroatoms. The summed E-state index contributed by atoms with van der Waals surface area (Å²) in [5.41, 5.74) is -0.652. The van der Waals surface area contributed by atoms with Crippen molar-refractivity contribution in [3.8, 4) is 0 Å². The first-order valence-electron chi connectivity index (χ1n) is 4.37. The lowest BCUT2D eigenvalue weighted by molar-refractivity contribution is 0.482. The summed E-state index contributed by atoms with van der Waals surface area (Å²) < 4.78 is 38.8. The van der Waals surface area contributed by atoms with Crippen LogP contribution in [0.25, 0.3) is 0 Å². The molecule has 1 aromatic rings. The number of aromatic nitrogens is 1. The fourth-order valence-corrected chi connectivity index (χ4v) is 2.48. The number of hydrogen-bond donors (Lipinski definition) is 1. The Morgan fingerprint density at radius 2 is 2.00 bits per heavy atom. The van der Waals surface area contributed by atoms with E-state index < -0.39 is 26.4 Å². The van der Waals surface area contributed by atoms with Crippen molar-refractivity contribution in [1.29, 1.82) is 0 Å². The van der Waals surface area contributed by atoms with E-state index >= 15 is 0 Å². The van der Waals surface area contributed by atoms with Gasteiger partial charge in [-0.15, -0.1) is 0 Å². The number of halogens is 1. The molecule has 0 bridgehead atoms. The van der Waals surface area contributed by atoms with Crippen LogP contribution < -0.4 is 4.72 Å². The van der Waals surface area contributed by atoms with Gasteiger partial charge in [0.15, 0.2) is 0 Å². The Bertz CT molecular complexity index is 451. The molecule has 0 aliphatic rings. The maximum Gasteiger partial charge on any atom is 0.245 e. The number of nitrogens with one attached hydrogen (secondary N) is 1. The van der Waals surface area contributed by atoms with E-state index in [9.17, 15) is 12.8 Å². The van der Waals surface area contributed by atoms with Crippen LogP contribution in [0.1, 0.15) is 20.8 Å². The fraction of sp³-hybridized carbons (Fsp3) is 0.444.